The molecule has 5 heteroatoms. The third kappa shape index (κ3) is 1.97. The number of nitrogens with zero attached hydrogens (tertiary/aromatic N) is 2. The molecule has 0 aromatic heterocycles. The van der Waals surface area contributed by atoms with Crippen molar-refractivity contribution in [2.75, 3.05) is 13.1 Å². The molecule has 0 unspecified atom stereocenters. The highest BCUT2D eigenvalue weighted by Gasteiger charge is 2.73. The maximum atomic E-state index is 12.1. The molecule has 2 N–H and O–H groups in total. The van der Waals surface area contributed by atoms with Gasteiger partial charge in [-0.15, -0.1) is 0 Å². The quantitative estimate of drug-likeness (QED) is 0.665. The number of hydrogen-bond acceptors (Lipinski definition) is 5. The van der Waals surface area contributed by atoms with E-state index in [1.807, 2.05) is 11.8 Å². The van der Waals surface area contributed by atoms with Gasteiger partial charge in [-0.05, 0) is 80.5 Å². The van der Waals surface area contributed by atoms with Gasteiger partial charge >= 0.3 is 0 Å². The molecule has 6 aliphatic rings. The van der Waals surface area contributed by atoms with Gasteiger partial charge in [0.2, 0.25) is 0 Å². The van der Waals surface area contributed by atoms with Crippen LogP contribution >= 0.6 is 11.8 Å². The van der Waals surface area contributed by atoms with Crippen LogP contribution in [0.5, 0.6) is 0 Å². The highest BCUT2D eigenvalue weighted by molar-refractivity contribution is 8.14. The number of aliphatic hydroxyl groups excluding tert-OH is 1. The lowest BCUT2D eigenvalue weighted by atomic mass is 9.44. The summed E-state index contributed by atoms with van der Waals surface area (Å²) in [6.07, 6.45) is 9.34. The second-order valence-corrected chi connectivity index (χ2v) is 12.1. The largest absolute Gasteiger partial charge is 0.393 e. The van der Waals surface area contributed by atoms with Gasteiger partial charge in [-0.25, -0.2) is 0 Å². The van der Waals surface area contributed by atoms with Crippen molar-refractivity contribution in [3.63, 3.8) is 0 Å². The van der Waals surface area contributed by atoms with Gasteiger partial charge in [-0.2, -0.15) is 0 Å². The van der Waals surface area contributed by atoms with E-state index in [-0.39, 0.29) is 11.5 Å². The van der Waals surface area contributed by atoms with E-state index in [9.17, 15) is 10.2 Å². The average Bonchev–Trinajstić information content (AvgIpc) is 3.26. The monoisotopic (exact) mass is 390 g/mol. The van der Waals surface area contributed by atoms with Crippen LogP contribution < -0.4 is 0 Å². The summed E-state index contributed by atoms with van der Waals surface area (Å²) in [6.45, 7) is 6.72. The Morgan fingerprint density at radius 1 is 1.07 bits per heavy atom. The van der Waals surface area contributed by atoms with E-state index in [1.165, 1.54) is 25.7 Å². The molecule has 0 spiro atoms. The summed E-state index contributed by atoms with van der Waals surface area (Å²) in [5, 5.41) is 23.7. The number of hydrogen-bond donors (Lipinski definition) is 2. The summed E-state index contributed by atoms with van der Waals surface area (Å²) < 4.78 is 0. The van der Waals surface area contributed by atoms with Gasteiger partial charge in [0.25, 0.3) is 0 Å². The first-order valence-electron chi connectivity index (χ1n) is 11.3. The molecule has 150 valence electrons. The molecule has 0 amide bonds. The molecule has 2 heterocycles. The second kappa shape index (κ2) is 5.46. The molecule has 0 radical (unpaired) electrons. The molecule has 9 atom stereocenters. The Balaban J connectivity index is 1.35. The Morgan fingerprint density at radius 2 is 1.93 bits per heavy atom. The first-order chi connectivity index (χ1) is 12.9. The maximum absolute atomic E-state index is 12.1. The molecule has 2 aliphatic heterocycles. The first kappa shape index (κ1) is 17.6. The molecule has 0 aromatic carbocycles. The number of aliphatic imine (C=N–C) groups is 1. The van der Waals surface area contributed by atoms with E-state index in [1.54, 1.807) is 0 Å². The fourth-order valence-corrected chi connectivity index (χ4v) is 10.4. The van der Waals surface area contributed by atoms with Crippen LogP contribution in [0, 0.1) is 34.5 Å². The average molecular weight is 391 g/mol. The summed E-state index contributed by atoms with van der Waals surface area (Å²) >= 11 is 1.87. The lowest BCUT2D eigenvalue weighted by Crippen LogP contribution is -2.62. The van der Waals surface area contributed by atoms with Crippen molar-refractivity contribution in [2.45, 2.75) is 82.3 Å². The van der Waals surface area contributed by atoms with E-state index < -0.39 is 5.72 Å². The van der Waals surface area contributed by atoms with Crippen LogP contribution in [0.4, 0.5) is 0 Å². The van der Waals surface area contributed by atoms with Crippen molar-refractivity contribution in [3.8, 4) is 0 Å². The molecule has 0 aromatic rings. The predicted octanol–water partition coefficient (Wildman–Crippen LogP) is 3.48. The standard InChI is InChI=1S/C22H34N2O2S/c1-20-7-5-14(25)11-13(20)3-4-15-16(20)6-8-21(2)17(15)12-18-22(21,26)24-10-9-23-19(24)27-18/h13-18,25-26H,3-12H2,1-2H3/t13-,14-,15+,16-,17-,18+,20-,21-,22-/m0/s1. The van der Waals surface area contributed by atoms with Crippen LogP contribution in [0.3, 0.4) is 0 Å². The zero-order chi connectivity index (χ0) is 18.6. The van der Waals surface area contributed by atoms with Gasteiger partial charge in [0.15, 0.2) is 10.9 Å². The minimum absolute atomic E-state index is 0.00478. The summed E-state index contributed by atoms with van der Waals surface area (Å²) in [4.78, 5) is 6.95. The molecule has 0 bridgehead atoms. The van der Waals surface area contributed by atoms with Crippen molar-refractivity contribution >= 4 is 16.9 Å². The van der Waals surface area contributed by atoms with Crippen LogP contribution in [-0.4, -0.2) is 50.4 Å². The Kier molecular flexibility index (Phi) is 3.55. The summed E-state index contributed by atoms with van der Waals surface area (Å²) in [5.41, 5.74) is -0.259. The van der Waals surface area contributed by atoms with Gasteiger partial charge in [0.05, 0.1) is 17.9 Å². The molecule has 4 aliphatic carbocycles. The highest BCUT2D eigenvalue weighted by Crippen LogP contribution is 2.71. The second-order valence-electron chi connectivity index (χ2n) is 10.9. The number of aliphatic hydroxyl groups is 2. The van der Waals surface area contributed by atoms with Gasteiger partial charge in [-0.3, -0.25) is 4.99 Å². The van der Waals surface area contributed by atoms with Crippen LogP contribution in [0.25, 0.3) is 0 Å². The Morgan fingerprint density at radius 3 is 2.78 bits per heavy atom. The fourth-order valence-electron chi connectivity index (χ4n) is 8.79. The predicted molar refractivity (Wildman–Crippen MR) is 108 cm³/mol. The maximum Gasteiger partial charge on any atom is 0.162 e. The minimum Gasteiger partial charge on any atom is -0.393 e. The lowest BCUT2D eigenvalue weighted by molar-refractivity contribution is -0.191. The van der Waals surface area contributed by atoms with E-state index in [0.717, 1.165) is 55.8 Å². The minimum atomic E-state index is -0.677. The summed E-state index contributed by atoms with van der Waals surface area (Å²) in [6, 6.07) is 0. The van der Waals surface area contributed by atoms with Crippen LogP contribution in [0.1, 0.15) is 65.2 Å². The van der Waals surface area contributed by atoms with Crippen molar-refractivity contribution in [1.29, 1.82) is 0 Å². The van der Waals surface area contributed by atoms with Crippen molar-refractivity contribution in [3.05, 3.63) is 0 Å². The zero-order valence-electron chi connectivity index (χ0n) is 16.7. The van der Waals surface area contributed by atoms with Gasteiger partial charge in [-0.1, -0.05) is 25.6 Å². The highest BCUT2D eigenvalue weighted by atomic mass is 32.2. The normalized spacial score (nSPS) is 58.8. The number of fused-ring (bicyclic) bond motifs is 9. The van der Waals surface area contributed by atoms with Gasteiger partial charge in [0.1, 0.15) is 0 Å². The van der Waals surface area contributed by atoms with Crippen LogP contribution in [0.2, 0.25) is 0 Å². The van der Waals surface area contributed by atoms with E-state index in [4.69, 9.17) is 0 Å². The Labute approximate surface area is 167 Å². The lowest BCUT2D eigenvalue weighted by Gasteiger charge is -2.62. The SMILES string of the molecule is C[C@]12CC[C@H](O)C[C@@H]1CC[C@@H]1[C@@H]2CC[C@@]2(C)[C@H]1C[C@H]1SC3=NCCN3[C@]12O. The molecular weight excluding hydrogens is 356 g/mol. The molecule has 27 heavy (non-hydrogen) atoms. The third-order valence-corrected chi connectivity index (χ3v) is 11.6. The molecule has 4 nitrogen and oxygen atoms in total. The van der Waals surface area contributed by atoms with Gasteiger partial charge in [0, 0.05) is 12.0 Å². The Bertz CT molecular complexity index is 700. The van der Waals surface area contributed by atoms with E-state index in [2.05, 4.69) is 23.7 Å². The van der Waals surface area contributed by atoms with Crippen molar-refractivity contribution in [1.82, 2.24) is 4.90 Å². The topological polar surface area (TPSA) is 56.1 Å². The number of amidine groups is 1. The molecule has 6 rings (SSSR count). The van der Waals surface area contributed by atoms with E-state index in [0.29, 0.717) is 22.5 Å². The molecule has 4 saturated carbocycles. The van der Waals surface area contributed by atoms with E-state index >= 15 is 0 Å². The Hall–Kier alpha value is -0.260. The molecule has 1 saturated heterocycles. The fraction of sp³-hybridized carbons (Fsp3) is 0.955. The number of thioether (sulfide) groups is 1. The molecular formula is C22H34N2O2S. The van der Waals surface area contributed by atoms with Crippen molar-refractivity contribution in [2.24, 2.45) is 39.5 Å². The molecule has 5 fully saturated rings. The van der Waals surface area contributed by atoms with Gasteiger partial charge < -0.3 is 15.1 Å². The van der Waals surface area contributed by atoms with Crippen molar-refractivity contribution < 1.29 is 10.2 Å². The third-order valence-electron chi connectivity index (χ3n) is 10.2. The summed E-state index contributed by atoms with van der Waals surface area (Å²) in [7, 11) is 0. The first-order valence-corrected chi connectivity index (χ1v) is 12.1. The van der Waals surface area contributed by atoms with Crippen LogP contribution in [-0.2, 0) is 0 Å². The smallest absolute Gasteiger partial charge is 0.162 e. The zero-order valence-corrected chi connectivity index (χ0v) is 17.5. The number of rotatable bonds is 0. The summed E-state index contributed by atoms with van der Waals surface area (Å²) in [5.74, 6) is 2.91. The van der Waals surface area contributed by atoms with Crippen LogP contribution in [0.15, 0.2) is 4.99 Å².